The van der Waals surface area contributed by atoms with Gasteiger partial charge in [-0.15, -0.1) is 11.3 Å². The smallest absolute Gasteiger partial charge is 0.325 e. The van der Waals surface area contributed by atoms with Crippen molar-refractivity contribution in [3.8, 4) is 0 Å². The molecule has 4 aromatic rings. The lowest BCUT2D eigenvalue weighted by atomic mass is 10.1. The molecular weight excluding hydrogens is 422 g/mol. The van der Waals surface area contributed by atoms with Gasteiger partial charge in [-0.1, -0.05) is 37.3 Å². The van der Waals surface area contributed by atoms with Gasteiger partial charge in [0.1, 0.15) is 11.2 Å². The van der Waals surface area contributed by atoms with E-state index in [-0.39, 0.29) is 24.6 Å². The van der Waals surface area contributed by atoms with Crippen LogP contribution in [0.1, 0.15) is 29.2 Å². The van der Waals surface area contributed by atoms with Crippen molar-refractivity contribution in [2.24, 2.45) is 0 Å². The lowest BCUT2D eigenvalue weighted by Gasteiger charge is -2.13. The Morgan fingerprint density at radius 1 is 0.938 bits per heavy atom. The van der Waals surface area contributed by atoms with Crippen LogP contribution in [0.5, 0.6) is 0 Å². The number of nitrogens with one attached hydrogen (secondary N) is 1. The van der Waals surface area contributed by atoms with Gasteiger partial charge in [0.15, 0.2) is 0 Å². The Hall–Kier alpha value is -3.45. The van der Waals surface area contributed by atoms with Crippen LogP contribution in [-0.4, -0.2) is 15.0 Å². The predicted molar refractivity (Wildman–Crippen MR) is 130 cm³/mol. The summed E-state index contributed by atoms with van der Waals surface area (Å²) in [5.41, 5.74) is 4.63. The van der Waals surface area contributed by atoms with Crippen molar-refractivity contribution >= 4 is 33.1 Å². The van der Waals surface area contributed by atoms with Gasteiger partial charge in [-0.2, -0.15) is 0 Å². The van der Waals surface area contributed by atoms with Crippen molar-refractivity contribution in [2.45, 2.75) is 40.3 Å². The molecule has 32 heavy (non-hydrogen) atoms. The number of amides is 1. The highest BCUT2D eigenvalue weighted by Crippen LogP contribution is 2.17. The quantitative estimate of drug-likeness (QED) is 0.484. The van der Waals surface area contributed by atoms with Gasteiger partial charge in [-0.3, -0.25) is 18.7 Å². The molecule has 6 nitrogen and oxygen atoms in total. The molecule has 1 N–H and O–H groups in total. The van der Waals surface area contributed by atoms with Crippen molar-refractivity contribution in [1.29, 1.82) is 0 Å². The average Bonchev–Trinajstić information content (AvgIpc) is 3.27. The number of fused-ring (bicyclic) bond motifs is 1. The molecule has 0 aliphatic carbocycles. The van der Waals surface area contributed by atoms with Gasteiger partial charge in [0, 0.05) is 5.69 Å². The first kappa shape index (κ1) is 21.8. The maximum atomic E-state index is 13.3. The highest BCUT2D eigenvalue weighted by atomic mass is 32.1. The van der Waals surface area contributed by atoms with Crippen LogP contribution in [0.3, 0.4) is 0 Å². The zero-order valence-electron chi connectivity index (χ0n) is 18.3. The molecule has 0 radical (unpaired) electrons. The zero-order valence-corrected chi connectivity index (χ0v) is 19.2. The standard InChI is InChI=1S/C25H25N3O3S/c1-4-18-7-9-20(10-8-18)26-22(29)15-27-21-11-12-32-23(21)24(30)28(25(27)31)14-19-6-5-16(2)17(3)13-19/h5-13H,4,14-15H2,1-3H3,(H,26,29). The fraction of sp³-hybridized carbons (Fsp3) is 0.240. The molecule has 0 aliphatic heterocycles. The molecule has 0 spiro atoms. The number of anilines is 1. The molecule has 0 unspecified atom stereocenters. The molecule has 0 aliphatic rings. The summed E-state index contributed by atoms with van der Waals surface area (Å²) in [6.45, 7) is 6.07. The molecule has 0 fully saturated rings. The van der Waals surface area contributed by atoms with Crippen molar-refractivity contribution in [3.05, 3.63) is 97.0 Å². The van der Waals surface area contributed by atoms with Crippen LogP contribution in [-0.2, 0) is 24.3 Å². The van der Waals surface area contributed by atoms with Gasteiger partial charge in [0.05, 0.1) is 12.1 Å². The van der Waals surface area contributed by atoms with Crippen LogP contribution in [0.2, 0.25) is 0 Å². The Morgan fingerprint density at radius 2 is 1.66 bits per heavy atom. The fourth-order valence-corrected chi connectivity index (χ4v) is 4.52. The van der Waals surface area contributed by atoms with Crippen LogP contribution in [0, 0.1) is 13.8 Å². The van der Waals surface area contributed by atoms with E-state index in [9.17, 15) is 14.4 Å². The average molecular weight is 448 g/mol. The first-order valence-electron chi connectivity index (χ1n) is 10.5. The minimum absolute atomic E-state index is 0.159. The van der Waals surface area contributed by atoms with Gasteiger partial charge >= 0.3 is 5.69 Å². The SMILES string of the molecule is CCc1ccc(NC(=O)Cn2c(=O)n(Cc3ccc(C)c(C)c3)c(=O)c3sccc32)cc1. The van der Waals surface area contributed by atoms with Gasteiger partial charge in [-0.25, -0.2) is 4.79 Å². The van der Waals surface area contributed by atoms with Crippen LogP contribution in [0.25, 0.3) is 10.2 Å². The summed E-state index contributed by atoms with van der Waals surface area (Å²) in [6, 6.07) is 15.2. The van der Waals surface area contributed by atoms with E-state index in [4.69, 9.17) is 0 Å². The Kier molecular flexibility index (Phi) is 6.10. The molecule has 0 bridgehead atoms. The number of benzene rings is 2. The second-order valence-corrected chi connectivity index (χ2v) is 8.83. The number of hydrogen-bond acceptors (Lipinski definition) is 4. The first-order valence-corrected chi connectivity index (χ1v) is 11.4. The number of thiophene rings is 1. The molecule has 2 heterocycles. The van der Waals surface area contributed by atoms with Crippen LogP contribution < -0.4 is 16.6 Å². The van der Waals surface area contributed by atoms with E-state index in [0.717, 1.165) is 23.1 Å². The molecule has 2 aromatic carbocycles. The van der Waals surface area contributed by atoms with E-state index in [2.05, 4.69) is 12.2 Å². The molecule has 0 saturated carbocycles. The van der Waals surface area contributed by atoms with Gasteiger partial charge < -0.3 is 5.32 Å². The number of aryl methyl sites for hydroxylation is 3. The summed E-state index contributed by atoms with van der Waals surface area (Å²) in [5, 5.41) is 4.61. The maximum absolute atomic E-state index is 13.3. The highest BCUT2D eigenvalue weighted by Gasteiger charge is 2.17. The van der Waals surface area contributed by atoms with E-state index in [0.29, 0.717) is 15.9 Å². The van der Waals surface area contributed by atoms with Gasteiger partial charge in [0.2, 0.25) is 5.91 Å². The van der Waals surface area contributed by atoms with E-state index in [1.54, 1.807) is 11.4 Å². The number of rotatable bonds is 6. The van der Waals surface area contributed by atoms with Crippen LogP contribution >= 0.6 is 11.3 Å². The van der Waals surface area contributed by atoms with Gasteiger partial charge in [0.25, 0.3) is 5.56 Å². The maximum Gasteiger partial charge on any atom is 0.332 e. The Balaban J connectivity index is 1.68. The molecule has 164 valence electrons. The van der Waals surface area contributed by atoms with Crippen LogP contribution in [0.15, 0.2) is 63.5 Å². The first-order chi connectivity index (χ1) is 15.4. The number of carbonyl (C=O) groups is 1. The largest absolute Gasteiger partial charge is 0.332 e. The van der Waals surface area contributed by atoms with E-state index < -0.39 is 5.69 Å². The Labute approximate surface area is 189 Å². The van der Waals surface area contributed by atoms with Gasteiger partial charge in [-0.05, 0) is 66.1 Å². The Bertz CT molecular complexity index is 1410. The third kappa shape index (κ3) is 4.29. The Morgan fingerprint density at radius 3 is 2.34 bits per heavy atom. The number of carbonyl (C=O) groups excluding carboxylic acids is 1. The topological polar surface area (TPSA) is 73.1 Å². The molecule has 0 atom stereocenters. The summed E-state index contributed by atoms with van der Waals surface area (Å²) in [7, 11) is 0. The zero-order chi connectivity index (χ0) is 22.8. The second-order valence-electron chi connectivity index (χ2n) is 7.91. The summed E-state index contributed by atoms with van der Waals surface area (Å²) in [4.78, 5) is 39.0. The van der Waals surface area contributed by atoms with Crippen LogP contribution in [0.4, 0.5) is 5.69 Å². The number of hydrogen-bond donors (Lipinski definition) is 1. The van der Waals surface area contributed by atoms with E-state index in [1.165, 1.54) is 26.0 Å². The normalized spacial score (nSPS) is 11.1. The number of nitrogens with zero attached hydrogens (tertiary/aromatic N) is 2. The lowest BCUT2D eigenvalue weighted by Crippen LogP contribution is -2.41. The van der Waals surface area contributed by atoms with Crippen molar-refractivity contribution < 1.29 is 4.79 Å². The highest BCUT2D eigenvalue weighted by molar-refractivity contribution is 7.17. The van der Waals surface area contributed by atoms with Crippen molar-refractivity contribution in [1.82, 2.24) is 9.13 Å². The summed E-state index contributed by atoms with van der Waals surface area (Å²) in [6.07, 6.45) is 0.918. The monoisotopic (exact) mass is 447 g/mol. The fourth-order valence-electron chi connectivity index (χ4n) is 3.68. The third-order valence-electron chi connectivity index (χ3n) is 5.70. The molecule has 2 aromatic heterocycles. The number of aromatic nitrogens is 2. The van der Waals surface area contributed by atoms with E-state index in [1.807, 2.05) is 56.3 Å². The van der Waals surface area contributed by atoms with Crippen molar-refractivity contribution in [3.63, 3.8) is 0 Å². The summed E-state index contributed by atoms with van der Waals surface area (Å²) < 4.78 is 3.06. The minimum atomic E-state index is -0.490. The molecular formula is C25H25N3O3S. The third-order valence-corrected chi connectivity index (χ3v) is 6.59. The summed E-state index contributed by atoms with van der Waals surface area (Å²) in [5.74, 6) is -0.319. The van der Waals surface area contributed by atoms with E-state index >= 15 is 0 Å². The molecule has 4 rings (SSSR count). The molecule has 1 amide bonds. The van der Waals surface area contributed by atoms with Crippen molar-refractivity contribution in [2.75, 3.05) is 5.32 Å². The summed E-state index contributed by atoms with van der Waals surface area (Å²) >= 11 is 1.28. The molecule has 0 saturated heterocycles. The second kappa shape index (κ2) is 8.96. The lowest BCUT2D eigenvalue weighted by molar-refractivity contribution is -0.116. The predicted octanol–water partition coefficient (Wildman–Crippen LogP) is 4.09. The molecule has 7 heteroatoms. The minimum Gasteiger partial charge on any atom is -0.325 e.